The van der Waals surface area contributed by atoms with Crippen LogP contribution in [-0.2, 0) is 6.42 Å². The van der Waals surface area contributed by atoms with Crippen LogP contribution in [0.4, 0.5) is 0 Å². The first kappa shape index (κ1) is 20.0. The van der Waals surface area contributed by atoms with Crippen LogP contribution < -0.4 is 5.32 Å². The monoisotopic (exact) mass is 399 g/mol. The highest BCUT2D eigenvalue weighted by molar-refractivity contribution is 6.33. The van der Waals surface area contributed by atoms with E-state index in [1.54, 1.807) is 23.7 Å². The maximum Gasteiger partial charge on any atom is 0.251 e. The lowest BCUT2D eigenvalue weighted by molar-refractivity contribution is 0.0922. The van der Waals surface area contributed by atoms with Crippen LogP contribution in [0.25, 0.3) is 16.8 Å². The van der Waals surface area contributed by atoms with Crippen molar-refractivity contribution < 1.29 is 9.90 Å². The highest BCUT2D eigenvalue weighted by Crippen LogP contribution is 2.31. The largest absolute Gasteiger partial charge is 0.394 e. The summed E-state index contributed by atoms with van der Waals surface area (Å²) < 4.78 is 1.61. The van der Waals surface area contributed by atoms with Crippen LogP contribution in [0, 0.1) is 6.92 Å². The first-order valence-corrected chi connectivity index (χ1v) is 9.41. The number of amides is 1. The normalized spacial score (nSPS) is 12.0. The zero-order valence-electron chi connectivity index (χ0n) is 16.0. The molecule has 1 heterocycles. The minimum Gasteiger partial charge on any atom is -0.394 e. The Morgan fingerprint density at radius 2 is 2.07 bits per heavy atom. The maximum atomic E-state index is 12.7. The van der Waals surface area contributed by atoms with E-state index < -0.39 is 0 Å². The van der Waals surface area contributed by atoms with E-state index in [4.69, 9.17) is 11.6 Å². The number of halogens is 1. The molecule has 1 atom stereocenters. The third kappa shape index (κ3) is 4.21. The number of rotatable bonds is 6. The van der Waals surface area contributed by atoms with Gasteiger partial charge in [-0.05, 0) is 59.7 Å². The number of tetrazole rings is 1. The van der Waals surface area contributed by atoms with Crippen LogP contribution in [0.3, 0.4) is 0 Å². The van der Waals surface area contributed by atoms with Gasteiger partial charge in [0.1, 0.15) is 0 Å². The molecule has 146 valence electrons. The van der Waals surface area contributed by atoms with E-state index in [1.165, 1.54) is 0 Å². The quantitative estimate of drug-likeness (QED) is 0.664. The van der Waals surface area contributed by atoms with E-state index >= 15 is 0 Å². The van der Waals surface area contributed by atoms with Crippen molar-refractivity contribution in [1.82, 2.24) is 25.5 Å². The predicted octanol–water partition coefficient (Wildman–Crippen LogP) is 2.96. The molecule has 3 aromatic rings. The predicted molar refractivity (Wildman–Crippen MR) is 108 cm³/mol. The topological polar surface area (TPSA) is 92.9 Å². The second-order valence-electron chi connectivity index (χ2n) is 6.67. The summed E-state index contributed by atoms with van der Waals surface area (Å²) in [6, 6.07) is 10.8. The molecule has 1 amide bonds. The van der Waals surface area contributed by atoms with Crippen LogP contribution in [-0.4, -0.2) is 43.9 Å². The first-order valence-electron chi connectivity index (χ1n) is 9.04. The average Bonchev–Trinajstić information content (AvgIpc) is 3.16. The van der Waals surface area contributed by atoms with Crippen molar-refractivity contribution in [2.45, 2.75) is 33.2 Å². The summed E-state index contributed by atoms with van der Waals surface area (Å²) in [5, 5.41) is 24.4. The zero-order valence-corrected chi connectivity index (χ0v) is 16.7. The number of benzene rings is 2. The Morgan fingerprint density at radius 3 is 2.75 bits per heavy atom. The van der Waals surface area contributed by atoms with Gasteiger partial charge in [-0.3, -0.25) is 4.79 Å². The molecule has 0 spiro atoms. The molecule has 2 aromatic carbocycles. The number of aliphatic hydroxyl groups is 1. The third-order valence-corrected chi connectivity index (χ3v) is 4.67. The number of aryl methyl sites for hydroxylation is 2. The van der Waals surface area contributed by atoms with Crippen molar-refractivity contribution in [2.75, 3.05) is 6.61 Å². The molecule has 7 nitrogen and oxygen atoms in total. The Labute approximate surface area is 168 Å². The molecule has 1 aromatic heterocycles. The molecule has 2 N–H and O–H groups in total. The smallest absolute Gasteiger partial charge is 0.251 e. The van der Waals surface area contributed by atoms with Gasteiger partial charge in [0.05, 0.1) is 12.3 Å². The number of carbonyl (C=O) groups excluding carboxylic acids is 1. The van der Waals surface area contributed by atoms with Gasteiger partial charge in [0.15, 0.2) is 5.82 Å². The molecule has 0 radical (unpaired) electrons. The van der Waals surface area contributed by atoms with Crippen molar-refractivity contribution in [3.8, 4) is 16.8 Å². The minimum atomic E-state index is -0.359. The molecule has 0 aliphatic rings. The van der Waals surface area contributed by atoms with Gasteiger partial charge in [0.25, 0.3) is 5.91 Å². The minimum absolute atomic E-state index is 0.144. The molecule has 1 unspecified atom stereocenters. The fourth-order valence-electron chi connectivity index (χ4n) is 2.85. The summed E-state index contributed by atoms with van der Waals surface area (Å²) in [7, 11) is 0. The summed E-state index contributed by atoms with van der Waals surface area (Å²) in [5.74, 6) is 0.390. The SMILES string of the molecule is CCc1nnnn1-c1cc(C(=O)NC(C)CO)cc(-c2ccc(C)cc2Cl)c1. The summed E-state index contributed by atoms with van der Waals surface area (Å²) in [6.07, 6.45) is 0.644. The molecule has 0 bridgehead atoms. The lowest BCUT2D eigenvalue weighted by Crippen LogP contribution is -2.35. The molecule has 28 heavy (non-hydrogen) atoms. The summed E-state index contributed by atoms with van der Waals surface area (Å²) in [6.45, 7) is 5.51. The van der Waals surface area contributed by atoms with Gasteiger partial charge in [-0.25, -0.2) is 0 Å². The van der Waals surface area contributed by atoms with Crippen LogP contribution in [0.2, 0.25) is 5.02 Å². The lowest BCUT2D eigenvalue weighted by Gasteiger charge is -2.14. The van der Waals surface area contributed by atoms with Crippen LogP contribution in [0.5, 0.6) is 0 Å². The first-order chi connectivity index (χ1) is 13.4. The summed E-state index contributed by atoms with van der Waals surface area (Å²) in [4.78, 5) is 12.7. The Bertz CT molecular complexity index is 1000. The van der Waals surface area contributed by atoms with E-state index in [0.717, 1.165) is 16.7 Å². The van der Waals surface area contributed by atoms with Crippen molar-refractivity contribution in [3.05, 3.63) is 58.4 Å². The van der Waals surface area contributed by atoms with Gasteiger partial charge in [-0.15, -0.1) is 5.10 Å². The third-order valence-electron chi connectivity index (χ3n) is 4.36. The number of hydrogen-bond donors (Lipinski definition) is 2. The van der Waals surface area contributed by atoms with Crippen molar-refractivity contribution in [3.63, 3.8) is 0 Å². The second-order valence-corrected chi connectivity index (χ2v) is 7.08. The van der Waals surface area contributed by atoms with Gasteiger partial charge < -0.3 is 10.4 Å². The fourth-order valence-corrected chi connectivity index (χ4v) is 3.20. The van der Waals surface area contributed by atoms with E-state index in [2.05, 4.69) is 20.8 Å². The van der Waals surface area contributed by atoms with Crippen molar-refractivity contribution >= 4 is 17.5 Å². The van der Waals surface area contributed by atoms with Crippen LogP contribution in [0.1, 0.15) is 35.6 Å². The second kappa shape index (κ2) is 8.50. The fraction of sp³-hybridized carbons (Fsp3) is 0.300. The molecule has 0 aliphatic carbocycles. The van der Waals surface area contributed by atoms with Crippen molar-refractivity contribution in [1.29, 1.82) is 0 Å². The number of nitrogens with zero attached hydrogens (tertiary/aromatic N) is 4. The maximum absolute atomic E-state index is 12.7. The average molecular weight is 400 g/mol. The van der Waals surface area contributed by atoms with Crippen LogP contribution >= 0.6 is 11.6 Å². The molecule has 3 rings (SSSR count). The van der Waals surface area contributed by atoms with Crippen molar-refractivity contribution in [2.24, 2.45) is 0 Å². The van der Waals surface area contributed by atoms with Gasteiger partial charge in [0, 0.05) is 28.6 Å². The Kier molecular flexibility index (Phi) is 6.06. The number of nitrogens with one attached hydrogen (secondary N) is 1. The summed E-state index contributed by atoms with van der Waals surface area (Å²) >= 11 is 6.46. The molecular formula is C20H22ClN5O2. The molecular weight excluding hydrogens is 378 g/mol. The standard InChI is InChI=1S/C20H22ClN5O2/c1-4-19-23-24-25-26(19)16-9-14(17-6-5-12(2)7-18(17)21)8-15(10-16)20(28)22-13(3)11-27/h5-10,13,27H,4,11H2,1-3H3,(H,22,28). The zero-order chi connectivity index (χ0) is 20.3. The Hall–Kier alpha value is -2.77. The number of carbonyl (C=O) groups is 1. The van der Waals surface area contributed by atoms with Gasteiger partial charge in [-0.2, -0.15) is 4.68 Å². The molecule has 8 heteroatoms. The van der Waals surface area contributed by atoms with E-state index in [-0.39, 0.29) is 18.6 Å². The summed E-state index contributed by atoms with van der Waals surface area (Å²) in [5.41, 5.74) is 3.74. The van der Waals surface area contributed by atoms with E-state index in [9.17, 15) is 9.90 Å². The number of aromatic nitrogens is 4. The Balaban J connectivity index is 2.15. The molecule has 0 fully saturated rings. The molecule has 0 saturated heterocycles. The highest BCUT2D eigenvalue weighted by atomic mass is 35.5. The van der Waals surface area contributed by atoms with E-state index in [1.807, 2.05) is 38.1 Å². The van der Waals surface area contributed by atoms with Gasteiger partial charge >= 0.3 is 0 Å². The van der Waals surface area contributed by atoms with Crippen LogP contribution in [0.15, 0.2) is 36.4 Å². The number of hydrogen-bond acceptors (Lipinski definition) is 5. The van der Waals surface area contributed by atoms with Gasteiger partial charge in [-0.1, -0.05) is 30.7 Å². The Morgan fingerprint density at radius 1 is 1.29 bits per heavy atom. The van der Waals surface area contributed by atoms with Gasteiger partial charge in [0.2, 0.25) is 0 Å². The molecule has 0 aliphatic heterocycles. The molecule has 0 saturated carbocycles. The number of aliphatic hydroxyl groups excluding tert-OH is 1. The highest BCUT2D eigenvalue weighted by Gasteiger charge is 2.16. The lowest BCUT2D eigenvalue weighted by atomic mass is 10.00. The van der Waals surface area contributed by atoms with E-state index in [0.29, 0.717) is 28.5 Å².